The quantitative estimate of drug-likeness (QED) is 0.910. The summed E-state index contributed by atoms with van der Waals surface area (Å²) in [4.78, 5) is 21.9. The van der Waals surface area contributed by atoms with Crippen LogP contribution in [0.15, 0.2) is 41.2 Å². The van der Waals surface area contributed by atoms with Crippen LogP contribution in [0, 0.1) is 0 Å². The van der Waals surface area contributed by atoms with Crippen molar-refractivity contribution in [1.29, 1.82) is 0 Å². The lowest BCUT2D eigenvalue weighted by molar-refractivity contribution is -0.0742. The molecule has 1 aliphatic carbocycles. The van der Waals surface area contributed by atoms with Crippen molar-refractivity contribution in [2.75, 3.05) is 13.1 Å². The highest BCUT2D eigenvalue weighted by molar-refractivity contribution is 5.54. The maximum atomic E-state index is 12.0. The van der Waals surface area contributed by atoms with Gasteiger partial charge in [-0.1, -0.05) is 30.3 Å². The Bertz CT molecular complexity index is 747. The molecule has 0 unspecified atom stereocenters. The van der Waals surface area contributed by atoms with Crippen molar-refractivity contribution in [3.63, 3.8) is 0 Å². The zero-order chi connectivity index (χ0) is 17.1. The largest absolute Gasteiger partial charge is 0.375 e. The standard InChI is InChI=1S/C20H25N3O2/c24-19-13-16(21-20(22-19)15-5-2-1-3-6-15)14-23-11-9-18(10-12-23)25-17-7-4-8-17/h1-3,5-6,13,17-18H,4,7-12,14H2,(H,21,22,24). The molecule has 2 heterocycles. The van der Waals surface area contributed by atoms with Crippen LogP contribution in [0.25, 0.3) is 11.4 Å². The minimum Gasteiger partial charge on any atom is -0.375 e. The van der Waals surface area contributed by atoms with Crippen LogP contribution < -0.4 is 5.56 Å². The number of ether oxygens (including phenoxy) is 1. The summed E-state index contributed by atoms with van der Waals surface area (Å²) in [5.41, 5.74) is 1.68. The maximum absolute atomic E-state index is 12.0. The van der Waals surface area contributed by atoms with Crippen molar-refractivity contribution in [3.05, 3.63) is 52.4 Å². The highest BCUT2D eigenvalue weighted by Crippen LogP contribution is 2.26. The molecule has 5 heteroatoms. The number of likely N-dealkylation sites (tertiary alicyclic amines) is 1. The van der Waals surface area contributed by atoms with Crippen LogP contribution in [0.5, 0.6) is 0 Å². The molecular formula is C20H25N3O2. The first-order valence-corrected chi connectivity index (χ1v) is 9.30. The van der Waals surface area contributed by atoms with Crippen LogP contribution >= 0.6 is 0 Å². The number of H-pyrrole nitrogens is 1. The van der Waals surface area contributed by atoms with Crippen LogP contribution in [0.1, 0.15) is 37.8 Å². The van der Waals surface area contributed by atoms with Crippen LogP contribution in [-0.4, -0.2) is 40.2 Å². The Morgan fingerprint density at radius 3 is 2.48 bits per heavy atom. The summed E-state index contributed by atoms with van der Waals surface area (Å²) in [5.74, 6) is 0.645. The number of aromatic amines is 1. The lowest BCUT2D eigenvalue weighted by Gasteiger charge is -2.36. The van der Waals surface area contributed by atoms with Crippen molar-refractivity contribution < 1.29 is 4.74 Å². The van der Waals surface area contributed by atoms with Gasteiger partial charge in [0.25, 0.3) is 5.56 Å². The average Bonchev–Trinajstić information content (AvgIpc) is 2.60. The predicted molar refractivity (Wildman–Crippen MR) is 97.3 cm³/mol. The number of hydrogen-bond acceptors (Lipinski definition) is 4. The number of nitrogens with one attached hydrogen (secondary N) is 1. The fraction of sp³-hybridized carbons (Fsp3) is 0.500. The minimum absolute atomic E-state index is 0.0907. The monoisotopic (exact) mass is 339 g/mol. The van der Waals surface area contributed by atoms with E-state index in [2.05, 4.69) is 14.9 Å². The van der Waals surface area contributed by atoms with E-state index in [-0.39, 0.29) is 5.56 Å². The molecule has 0 spiro atoms. The highest BCUT2D eigenvalue weighted by atomic mass is 16.5. The molecule has 2 aromatic rings. The molecule has 1 N–H and O–H groups in total. The van der Waals surface area contributed by atoms with Crippen LogP contribution in [-0.2, 0) is 11.3 Å². The topological polar surface area (TPSA) is 58.2 Å². The zero-order valence-electron chi connectivity index (χ0n) is 14.5. The molecule has 0 bridgehead atoms. The first-order valence-electron chi connectivity index (χ1n) is 9.30. The van der Waals surface area contributed by atoms with Gasteiger partial charge in [-0.05, 0) is 32.1 Å². The van der Waals surface area contributed by atoms with E-state index < -0.39 is 0 Å². The molecule has 1 aliphatic heterocycles. The minimum atomic E-state index is -0.0907. The van der Waals surface area contributed by atoms with Crippen molar-refractivity contribution in [1.82, 2.24) is 14.9 Å². The fourth-order valence-corrected chi connectivity index (χ4v) is 3.53. The van der Waals surface area contributed by atoms with E-state index >= 15 is 0 Å². The van der Waals surface area contributed by atoms with Gasteiger partial charge in [-0.2, -0.15) is 0 Å². The van der Waals surface area contributed by atoms with Gasteiger partial charge >= 0.3 is 0 Å². The van der Waals surface area contributed by atoms with Gasteiger partial charge in [-0.15, -0.1) is 0 Å². The van der Waals surface area contributed by atoms with E-state index in [9.17, 15) is 4.79 Å². The van der Waals surface area contributed by atoms with Gasteiger partial charge in [0.15, 0.2) is 0 Å². The van der Waals surface area contributed by atoms with E-state index in [1.807, 2.05) is 30.3 Å². The summed E-state index contributed by atoms with van der Waals surface area (Å²) in [6, 6.07) is 11.4. The number of nitrogens with zero attached hydrogens (tertiary/aromatic N) is 2. The number of hydrogen-bond donors (Lipinski definition) is 1. The predicted octanol–water partition coefficient (Wildman–Crippen LogP) is 2.97. The Labute approximate surface area is 148 Å². The Morgan fingerprint density at radius 1 is 1.08 bits per heavy atom. The van der Waals surface area contributed by atoms with Gasteiger partial charge in [0.1, 0.15) is 5.82 Å². The molecule has 5 nitrogen and oxygen atoms in total. The first-order chi connectivity index (χ1) is 12.3. The van der Waals surface area contributed by atoms with Gasteiger partial charge in [-0.3, -0.25) is 9.69 Å². The van der Waals surface area contributed by atoms with E-state index in [1.165, 1.54) is 19.3 Å². The lowest BCUT2D eigenvalue weighted by Crippen LogP contribution is -2.39. The van der Waals surface area contributed by atoms with Gasteiger partial charge in [-0.25, -0.2) is 4.98 Å². The second-order valence-electron chi connectivity index (χ2n) is 7.12. The van der Waals surface area contributed by atoms with Crippen LogP contribution in [0.2, 0.25) is 0 Å². The molecule has 1 aromatic heterocycles. The molecule has 1 saturated carbocycles. The summed E-state index contributed by atoms with van der Waals surface area (Å²) in [7, 11) is 0. The molecule has 0 radical (unpaired) electrons. The third-order valence-corrected chi connectivity index (χ3v) is 5.20. The van der Waals surface area contributed by atoms with Crippen molar-refractivity contribution in [2.24, 2.45) is 0 Å². The number of piperidine rings is 1. The second-order valence-corrected chi connectivity index (χ2v) is 7.12. The Hall–Kier alpha value is -1.98. The van der Waals surface area contributed by atoms with Crippen molar-refractivity contribution >= 4 is 0 Å². The second kappa shape index (κ2) is 7.50. The Morgan fingerprint density at radius 2 is 1.80 bits per heavy atom. The van der Waals surface area contributed by atoms with Crippen LogP contribution in [0.4, 0.5) is 0 Å². The summed E-state index contributed by atoms with van der Waals surface area (Å²) in [6.07, 6.45) is 6.86. The van der Waals surface area contributed by atoms with Crippen LogP contribution in [0.3, 0.4) is 0 Å². The van der Waals surface area contributed by atoms with E-state index in [1.54, 1.807) is 6.07 Å². The number of benzene rings is 1. The zero-order valence-corrected chi connectivity index (χ0v) is 14.5. The first kappa shape index (κ1) is 16.5. The Balaban J connectivity index is 1.38. The summed E-state index contributed by atoms with van der Waals surface area (Å²) < 4.78 is 6.12. The molecule has 0 atom stereocenters. The van der Waals surface area contributed by atoms with E-state index in [4.69, 9.17) is 4.74 Å². The van der Waals surface area contributed by atoms with Gasteiger partial charge in [0.05, 0.1) is 17.9 Å². The molecule has 132 valence electrons. The molecular weight excluding hydrogens is 314 g/mol. The normalized spacial score (nSPS) is 19.7. The van der Waals surface area contributed by atoms with E-state index in [0.717, 1.165) is 43.7 Å². The molecule has 4 rings (SSSR count). The summed E-state index contributed by atoms with van der Waals surface area (Å²) in [5, 5.41) is 0. The molecule has 1 saturated heterocycles. The third-order valence-electron chi connectivity index (χ3n) is 5.20. The molecule has 2 fully saturated rings. The Kier molecular flexibility index (Phi) is 4.95. The average molecular weight is 339 g/mol. The van der Waals surface area contributed by atoms with E-state index in [0.29, 0.717) is 18.0 Å². The molecule has 0 amide bonds. The fourth-order valence-electron chi connectivity index (χ4n) is 3.53. The number of rotatable bonds is 5. The molecule has 1 aromatic carbocycles. The maximum Gasteiger partial charge on any atom is 0.251 e. The molecule has 2 aliphatic rings. The summed E-state index contributed by atoms with van der Waals surface area (Å²) in [6.45, 7) is 2.74. The van der Waals surface area contributed by atoms with Gasteiger partial charge in [0, 0.05) is 31.3 Å². The SMILES string of the molecule is O=c1cc(CN2CCC(OC3CCC3)CC2)nc(-c2ccccc2)[nH]1. The smallest absolute Gasteiger partial charge is 0.251 e. The van der Waals surface area contributed by atoms with Crippen molar-refractivity contribution in [2.45, 2.75) is 50.9 Å². The van der Waals surface area contributed by atoms with Gasteiger partial charge in [0.2, 0.25) is 0 Å². The van der Waals surface area contributed by atoms with Crippen molar-refractivity contribution in [3.8, 4) is 11.4 Å². The van der Waals surface area contributed by atoms with Gasteiger partial charge < -0.3 is 9.72 Å². The lowest BCUT2D eigenvalue weighted by atomic mass is 9.95. The third kappa shape index (κ3) is 4.17. The highest BCUT2D eigenvalue weighted by Gasteiger charge is 2.26. The summed E-state index contributed by atoms with van der Waals surface area (Å²) >= 11 is 0. The number of aromatic nitrogens is 2. The molecule has 25 heavy (non-hydrogen) atoms.